The number of nitrogens with zero attached hydrogens (tertiary/aromatic N) is 1. The molecular weight excluding hydrogens is 250 g/mol. The molecule has 0 fully saturated rings. The third-order valence-corrected chi connectivity index (χ3v) is 2.79. The molecule has 0 saturated heterocycles. The Morgan fingerprint density at radius 2 is 2.11 bits per heavy atom. The number of rotatable bonds is 6. The van der Waals surface area contributed by atoms with Gasteiger partial charge in [-0.25, -0.2) is 9.59 Å². The molecule has 106 valence electrons. The van der Waals surface area contributed by atoms with Crippen molar-refractivity contribution in [2.24, 2.45) is 0 Å². The number of amides is 2. The smallest absolute Gasteiger partial charge is 0.326 e. The Labute approximate surface area is 111 Å². The molecule has 0 aliphatic heterocycles. The Morgan fingerprint density at radius 1 is 1.42 bits per heavy atom. The first-order chi connectivity index (χ1) is 8.95. The maximum absolute atomic E-state index is 11.6. The van der Waals surface area contributed by atoms with Gasteiger partial charge in [0.2, 0.25) is 0 Å². The summed E-state index contributed by atoms with van der Waals surface area (Å²) in [7, 11) is 0. The van der Waals surface area contributed by atoms with Crippen LogP contribution in [-0.4, -0.2) is 28.3 Å². The number of hydrogen-bond donors (Lipinski definition) is 3. The molecule has 0 saturated carbocycles. The van der Waals surface area contributed by atoms with Crippen LogP contribution >= 0.6 is 0 Å². The van der Waals surface area contributed by atoms with E-state index < -0.39 is 18.0 Å². The van der Waals surface area contributed by atoms with Gasteiger partial charge in [0.25, 0.3) is 0 Å². The number of aliphatic carboxylic acids is 1. The van der Waals surface area contributed by atoms with Gasteiger partial charge in [0.05, 0.1) is 5.69 Å². The molecule has 7 nitrogen and oxygen atoms in total. The summed E-state index contributed by atoms with van der Waals surface area (Å²) in [5.41, 5.74) is 1.51. The van der Waals surface area contributed by atoms with E-state index in [1.807, 2.05) is 6.92 Å². The van der Waals surface area contributed by atoms with Crippen LogP contribution in [0, 0.1) is 13.8 Å². The van der Waals surface area contributed by atoms with Crippen molar-refractivity contribution < 1.29 is 19.2 Å². The molecule has 1 aromatic heterocycles. The summed E-state index contributed by atoms with van der Waals surface area (Å²) in [6, 6.07) is -1.38. The standard InChI is InChI=1S/C12H19N3O4/c1-4-5-10(11(16)17)14-12(18)13-6-9-7(2)15-19-8(9)3/h10H,4-6H2,1-3H3,(H,16,17)(H2,13,14,18)/t10-/m1/s1. The second-order valence-corrected chi connectivity index (χ2v) is 4.31. The first kappa shape index (κ1) is 15.0. The molecule has 0 aliphatic rings. The molecule has 0 radical (unpaired) electrons. The van der Waals surface area contributed by atoms with Crippen LogP contribution in [0.5, 0.6) is 0 Å². The van der Waals surface area contributed by atoms with Crippen molar-refractivity contribution in [3.63, 3.8) is 0 Å². The minimum atomic E-state index is -1.03. The van der Waals surface area contributed by atoms with Crippen LogP contribution in [0.3, 0.4) is 0 Å². The molecule has 3 N–H and O–H groups in total. The molecule has 7 heteroatoms. The van der Waals surface area contributed by atoms with Gasteiger partial charge in [0, 0.05) is 12.1 Å². The molecule has 1 rings (SSSR count). The van der Waals surface area contributed by atoms with Crippen LogP contribution in [-0.2, 0) is 11.3 Å². The third kappa shape index (κ3) is 4.27. The van der Waals surface area contributed by atoms with E-state index in [1.54, 1.807) is 13.8 Å². The summed E-state index contributed by atoms with van der Waals surface area (Å²) in [6.07, 6.45) is 1.08. The topological polar surface area (TPSA) is 104 Å². The fraction of sp³-hybridized carbons (Fsp3) is 0.583. The van der Waals surface area contributed by atoms with E-state index in [9.17, 15) is 9.59 Å². The molecule has 0 spiro atoms. The first-order valence-electron chi connectivity index (χ1n) is 6.14. The molecule has 0 bridgehead atoms. The van der Waals surface area contributed by atoms with Crippen molar-refractivity contribution in [1.29, 1.82) is 0 Å². The fourth-order valence-electron chi connectivity index (χ4n) is 1.68. The van der Waals surface area contributed by atoms with Crippen molar-refractivity contribution in [2.45, 2.75) is 46.2 Å². The molecule has 1 heterocycles. The number of carbonyl (C=O) groups excluding carboxylic acids is 1. The van der Waals surface area contributed by atoms with Gasteiger partial charge in [-0.15, -0.1) is 0 Å². The van der Waals surface area contributed by atoms with E-state index in [4.69, 9.17) is 9.63 Å². The number of carboxylic acids is 1. The Hall–Kier alpha value is -2.05. The fourth-order valence-corrected chi connectivity index (χ4v) is 1.68. The summed E-state index contributed by atoms with van der Waals surface area (Å²) in [5, 5.41) is 17.7. The minimum Gasteiger partial charge on any atom is -0.480 e. The Kier molecular flexibility index (Phi) is 5.35. The van der Waals surface area contributed by atoms with Crippen LogP contribution in [0.15, 0.2) is 4.52 Å². The van der Waals surface area contributed by atoms with Gasteiger partial charge < -0.3 is 20.3 Å². The number of hydrogen-bond acceptors (Lipinski definition) is 4. The Morgan fingerprint density at radius 3 is 2.58 bits per heavy atom. The van der Waals surface area contributed by atoms with Crippen molar-refractivity contribution in [1.82, 2.24) is 15.8 Å². The van der Waals surface area contributed by atoms with E-state index in [-0.39, 0.29) is 6.54 Å². The highest BCUT2D eigenvalue weighted by Crippen LogP contribution is 2.11. The van der Waals surface area contributed by atoms with Crippen LogP contribution < -0.4 is 10.6 Å². The summed E-state index contributed by atoms with van der Waals surface area (Å²) < 4.78 is 4.97. The molecule has 2 amide bonds. The highest BCUT2D eigenvalue weighted by Gasteiger charge is 2.19. The Balaban J connectivity index is 2.49. The lowest BCUT2D eigenvalue weighted by atomic mass is 10.2. The van der Waals surface area contributed by atoms with Gasteiger partial charge in [0.1, 0.15) is 11.8 Å². The van der Waals surface area contributed by atoms with Gasteiger partial charge in [0.15, 0.2) is 0 Å². The lowest BCUT2D eigenvalue weighted by Gasteiger charge is -2.14. The molecule has 1 atom stereocenters. The van der Waals surface area contributed by atoms with Gasteiger partial charge in [-0.05, 0) is 20.3 Å². The highest BCUT2D eigenvalue weighted by molar-refractivity contribution is 5.82. The second-order valence-electron chi connectivity index (χ2n) is 4.31. The maximum Gasteiger partial charge on any atom is 0.326 e. The Bertz CT molecular complexity index is 436. The second kappa shape index (κ2) is 6.77. The number of aryl methyl sites for hydroxylation is 2. The van der Waals surface area contributed by atoms with Gasteiger partial charge in [-0.3, -0.25) is 0 Å². The summed E-state index contributed by atoms with van der Waals surface area (Å²) >= 11 is 0. The first-order valence-corrected chi connectivity index (χ1v) is 6.14. The zero-order valence-corrected chi connectivity index (χ0v) is 11.3. The van der Waals surface area contributed by atoms with E-state index in [0.29, 0.717) is 24.3 Å². The number of carbonyl (C=O) groups is 2. The number of nitrogens with one attached hydrogen (secondary N) is 2. The van der Waals surface area contributed by atoms with E-state index >= 15 is 0 Å². The summed E-state index contributed by atoms with van der Waals surface area (Å²) in [5.74, 6) is -0.393. The largest absolute Gasteiger partial charge is 0.480 e. The van der Waals surface area contributed by atoms with Crippen LogP contribution in [0.1, 0.15) is 36.8 Å². The predicted octanol–water partition coefficient (Wildman–Crippen LogP) is 1.34. The van der Waals surface area contributed by atoms with Crippen molar-refractivity contribution in [3.8, 4) is 0 Å². The maximum atomic E-state index is 11.6. The quantitative estimate of drug-likeness (QED) is 0.723. The zero-order valence-electron chi connectivity index (χ0n) is 11.3. The normalized spacial score (nSPS) is 11.9. The third-order valence-electron chi connectivity index (χ3n) is 2.79. The zero-order chi connectivity index (χ0) is 14.4. The minimum absolute atomic E-state index is 0.255. The molecule has 0 aliphatic carbocycles. The average Bonchev–Trinajstić information content (AvgIpc) is 2.66. The summed E-state index contributed by atoms with van der Waals surface area (Å²) in [6.45, 7) is 5.65. The number of urea groups is 1. The van der Waals surface area contributed by atoms with E-state index in [0.717, 1.165) is 5.56 Å². The molecule has 0 unspecified atom stereocenters. The van der Waals surface area contributed by atoms with Crippen LogP contribution in [0.4, 0.5) is 4.79 Å². The molecule has 19 heavy (non-hydrogen) atoms. The predicted molar refractivity (Wildman–Crippen MR) is 67.7 cm³/mol. The van der Waals surface area contributed by atoms with Crippen molar-refractivity contribution in [3.05, 3.63) is 17.0 Å². The van der Waals surface area contributed by atoms with Crippen molar-refractivity contribution in [2.75, 3.05) is 0 Å². The van der Waals surface area contributed by atoms with Crippen LogP contribution in [0.25, 0.3) is 0 Å². The number of aromatic nitrogens is 1. The average molecular weight is 269 g/mol. The summed E-state index contributed by atoms with van der Waals surface area (Å²) in [4.78, 5) is 22.5. The highest BCUT2D eigenvalue weighted by atomic mass is 16.5. The molecule has 0 aromatic carbocycles. The molecule has 1 aromatic rings. The van der Waals surface area contributed by atoms with E-state index in [1.165, 1.54) is 0 Å². The monoisotopic (exact) mass is 269 g/mol. The van der Waals surface area contributed by atoms with Crippen molar-refractivity contribution >= 4 is 12.0 Å². The lowest BCUT2D eigenvalue weighted by Crippen LogP contribution is -2.45. The lowest BCUT2D eigenvalue weighted by molar-refractivity contribution is -0.139. The van der Waals surface area contributed by atoms with Gasteiger partial charge in [-0.2, -0.15) is 0 Å². The van der Waals surface area contributed by atoms with Crippen LogP contribution in [0.2, 0.25) is 0 Å². The number of carboxylic acid groups (broad SMARTS) is 1. The SMILES string of the molecule is CCC[C@@H](NC(=O)NCc1c(C)noc1C)C(=O)O. The van der Waals surface area contributed by atoms with E-state index in [2.05, 4.69) is 15.8 Å². The molecular formula is C12H19N3O4. The van der Waals surface area contributed by atoms with Gasteiger partial charge >= 0.3 is 12.0 Å². The van der Waals surface area contributed by atoms with Gasteiger partial charge in [-0.1, -0.05) is 18.5 Å².